The Morgan fingerprint density at radius 2 is 1.84 bits per heavy atom. The average molecular weight is 345 g/mol. The normalized spacial score (nSPS) is 11.0. The Balaban J connectivity index is 2.05. The minimum absolute atomic E-state index is 0.234. The van der Waals surface area contributed by atoms with Gasteiger partial charge >= 0.3 is 5.97 Å². The molecule has 0 amide bonds. The van der Waals surface area contributed by atoms with Crippen molar-refractivity contribution in [3.8, 4) is 11.5 Å². The molecule has 1 heterocycles. The van der Waals surface area contributed by atoms with Gasteiger partial charge in [0.1, 0.15) is 12.2 Å². The van der Waals surface area contributed by atoms with Crippen molar-refractivity contribution in [3.05, 3.63) is 53.9 Å². The Morgan fingerprint density at radius 3 is 2.48 bits per heavy atom. The van der Waals surface area contributed by atoms with E-state index in [0.29, 0.717) is 23.8 Å². The molecule has 0 aliphatic heterocycles. The van der Waals surface area contributed by atoms with Crippen LogP contribution in [0.1, 0.15) is 32.0 Å². The molecule has 6 nitrogen and oxygen atoms in total. The number of aliphatic hydroxyl groups excluding tert-OH is 1. The zero-order valence-corrected chi connectivity index (χ0v) is 14.7. The number of esters is 1. The number of aliphatic hydroxyl groups is 1. The first kappa shape index (κ1) is 18.7. The molecule has 2 aromatic rings. The molecule has 0 aliphatic rings. The van der Waals surface area contributed by atoms with E-state index in [1.165, 1.54) is 6.20 Å². The molecule has 0 atom stereocenters. The lowest BCUT2D eigenvalue weighted by Crippen LogP contribution is -2.27. The first-order valence-corrected chi connectivity index (χ1v) is 7.98. The summed E-state index contributed by atoms with van der Waals surface area (Å²) < 4.78 is 16.5. The molecule has 0 saturated heterocycles. The second kappa shape index (κ2) is 8.48. The summed E-state index contributed by atoms with van der Waals surface area (Å²) in [5, 5.41) is 9.24. The number of nitrogens with zero attached hydrogens (tertiary/aromatic N) is 1. The lowest BCUT2D eigenvalue weighted by Gasteiger charge is -2.20. The molecule has 134 valence electrons. The maximum atomic E-state index is 11.8. The average Bonchev–Trinajstić information content (AvgIpc) is 2.58. The fourth-order valence-electron chi connectivity index (χ4n) is 2.02. The minimum Gasteiger partial charge on any atom is -0.483 e. The molecule has 0 radical (unpaired) electrons. The van der Waals surface area contributed by atoms with Crippen LogP contribution in [0.25, 0.3) is 0 Å². The summed E-state index contributed by atoms with van der Waals surface area (Å²) in [5.74, 6) is 0.245. The first-order valence-electron chi connectivity index (χ1n) is 7.98. The molecule has 2 rings (SSSR count). The van der Waals surface area contributed by atoms with Crippen molar-refractivity contribution in [3.63, 3.8) is 0 Å². The third kappa shape index (κ3) is 6.43. The van der Waals surface area contributed by atoms with Crippen molar-refractivity contribution < 1.29 is 24.1 Å². The SMILES string of the molecule is CC(C)(C)OC(=O)COc1cc(CO)ncc1OCc1ccccc1. The van der Waals surface area contributed by atoms with Crippen LogP contribution in [0.15, 0.2) is 42.6 Å². The number of aromatic nitrogens is 1. The monoisotopic (exact) mass is 345 g/mol. The number of carbonyl (C=O) groups excluding carboxylic acids is 1. The highest BCUT2D eigenvalue weighted by molar-refractivity contribution is 5.71. The molecule has 0 saturated carbocycles. The van der Waals surface area contributed by atoms with Crippen LogP contribution in [0.2, 0.25) is 0 Å². The molecule has 25 heavy (non-hydrogen) atoms. The molecule has 0 bridgehead atoms. The number of benzene rings is 1. The second-order valence-corrected chi connectivity index (χ2v) is 6.43. The van der Waals surface area contributed by atoms with E-state index < -0.39 is 11.6 Å². The highest BCUT2D eigenvalue weighted by atomic mass is 16.6. The standard InChI is InChI=1S/C19H23NO5/c1-19(2,3)25-18(22)13-24-16-9-15(11-21)20-10-17(16)23-12-14-7-5-4-6-8-14/h4-10,21H,11-13H2,1-3H3. The van der Waals surface area contributed by atoms with Crippen molar-refractivity contribution in [1.82, 2.24) is 4.98 Å². The van der Waals surface area contributed by atoms with E-state index >= 15 is 0 Å². The number of rotatable bonds is 7. The number of pyridine rings is 1. The van der Waals surface area contributed by atoms with Gasteiger partial charge in [-0.3, -0.25) is 4.98 Å². The largest absolute Gasteiger partial charge is 0.483 e. The van der Waals surface area contributed by atoms with Gasteiger partial charge in [-0.2, -0.15) is 0 Å². The molecule has 0 unspecified atom stereocenters. The van der Waals surface area contributed by atoms with Crippen LogP contribution in [0, 0.1) is 0 Å². The van der Waals surface area contributed by atoms with Crippen LogP contribution in [0.3, 0.4) is 0 Å². The highest BCUT2D eigenvalue weighted by Gasteiger charge is 2.18. The Kier molecular flexibility index (Phi) is 6.36. The van der Waals surface area contributed by atoms with Crippen LogP contribution >= 0.6 is 0 Å². The molecule has 0 aliphatic carbocycles. The van der Waals surface area contributed by atoms with E-state index in [2.05, 4.69) is 4.98 Å². The number of carbonyl (C=O) groups is 1. The van der Waals surface area contributed by atoms with Gasteiger partial charge < -0.3 is 19.3 Å². The van der Waals surface area contributed by atoms with Crippen LogP contribution < -0.4 is 9.47 Å². The summed E-state index contributed by atoms with van der Waals surface area (Å²) in [4.78, 5) is 15.9. The molecule has 1 aromatic carbocycles. The van der Waals surface area contributed by atoms with E-state index in [0.717, 1.165) is 5.56 Å². The topological polar surface area (TPSA) is 77.9 Å². The van der Waals surface area contributed by atoms with Gasteiger partial charge in [0, 0.05) is 6.07 Å². The molecular weight excluding hydrogens is 322 g/mol. The van der Waals surface area contributed by atoms with Crippen LogP contribution in [0.4, 0.5) is 0 Å². The maximum Gasteiger partial charge on any atom is 0.344 e. The van der Waals surface area contributed by atoms with Crippen LogP contribution in [-0.2, 0) is 22.7 Å². The van der Waals surface area contributed by atoms with Crippen LogP contribution in [0.5, 0.6) is 11.5 Å². The van der Waals surface area contributed by atoms with Gasteiger partial charge in [-0.15, -0.1) is 0 Å². The number of hydrogen-bond donors (Lipinski definition) is 1. The van der Waals surface area contributed by atoms with E-state index in [1.807, 2.05) is 30.3 Å². The number of ether oxygens (including phenoxy) is 3. The minimum atomic E-state index is -0.582. The van der Waals surface area contributed by atoms with Gasteiger partial charge in [-0.25, -0.2) is 4.79 Å². The zero-order chi connectivity index (χ0) is 18.3. The van der Waals surface area contributed by atoms with E-state index in [9.17, 15) is 9.90 Å². The predicted molar refractivity (Wildman–Crippen MR) is 92.3 cm³/mol. The second-order valence-electron chi connectivity index (χ2n) is 6.43. The summed E-state index contributed by atoms with van der Waals surface area (Å²) in [6.45, 7) is 5.21. The van der Waals surface area contributed by atoms with E-state index in [1.54, 1.807) is 26.8 Å². The van der Waals surface area contributed by atoms with Gasteiger partial charge in [0.25, 0.3) is 0 Å². The summed E-state index contributed by atoms with van der Waals surface area (Å²) >= 11 is 0. The lowest BCUT2D eigenvalue weighted by atomic mass is 10.2. The maximum absolute atomic E-state index is 11.8. The summed E-state index contributed by atoms with van der Waals surface area (Å²) in [6.07, 6.45) is 1.47. The molecule has 1 aromatic heterocycles. The van der Waals surface area contributed by atoms with Crippen molar-refractivity contribution >= 4 is 5.97 Å². The predicted octanol–water partition coefficient (Wildman–Crippen LogP) is 2.87. The van der Waals surface area contributed by atoms with Crippen molar-refractivity contribution in [1.29, 1.82) is 0 Å². The van der Waals surface area contributed by atoms with Crippen LogP contribution in [-0.4, -0.2) is 28.3 Å². The van der Waals surface area contributed by atoms with E-state index in [4.69, 9.17) is 14.2 Å². The van der Waals surface area contributed by atoms with Crippen molar-refractivity contribution in [2.75, 3.05) is 6.61 Å². The Morgan fingerprint density at radius 1 is 1.12 bits per heavy atom. The van der Waals surface area contributed by atoms with Gasteiger partial charge in [-0.05, 0) is 26.3 Å². The molecule has 0 spiro atoms. The van der Waals surface area contributed by atoms with Gasteiger partial charge in [0.05, 0.1) is 18.5 Å². The highest BCUT2D eigenvalue weighted by Crippen LogP contribution is 2.28. The van der Waals surface area contributed by atoms with Gasteiger partial charge in [0.15, 0.2) is 18.1 Å². The summed E-state index contributed by atoms with van der Waals surface area (Å²) in [6, 6.07) is 11.2. The third-order valence-corrected chi connectivity index (χ3v) is 3.05. The fourth-order valence-corrected chi connectivity index (χ4v) is 2.02. The molecular formula is C19H23NO5. The molecule has 1 N–H and O–H groups in total. The molecule has 6 heteroatoms. The Hall–Kier alpha value is -2.60. The lowest BCUT2D eigenvalue weighted by molar-refractivity contribution is -0.157. The zero-order valence-electron chi connectivity index (χ0n) is 14.7. The van der Waals surface area contributed by atoms with Gasteiger partial charge in [-0.1, -0.05) is 30.3 Å². The number of hydrogen-bond acceptors (Lipinski definition) is 6. The van der Waals surface area contributed by atoms with E-state index in [-0.39, 0.29) is 13.2 Å². The summed E-state index contributed by atoms with van der Waals surface area (Å²) in [7, 11) is 0. The quantitative estimate of drug-likeness (QED) is 0.778. The smallest absolute Gasteiger partial charge is 0.344 e. The molecule has 0 fully saturated rings. The van der Waals surface area contributed by atoms with Crippen molar-refractivity contribution in [2.24, 2.45) is 0 Å². The first-order chi connectivity index (χ1) is 11.9. The summed E-state index contributed by atoms with van der Waals surface area (Å²) in [5.41, 5.74) is 0.833. The Labute approximate surface area is 147 Å². The fraction of sp³-hybridized carbons (Fsp3) is 0.368. The van der Waals surface area contributed by atoms with Crippen molar-refractivity contribution in [2.45, 2.75) is 39.6 Å². The van der Waals surface area contributed by atoms with Gasteiger partial charge in [0.2, 0.25) is 0 Å². The Bertz CT molecular complexity index is 695. The third-order valence-electron chi connectivity index (χ3n) is 3.05.